The molecule has 3 heterocycles. The van der Waals surface area contributed by atoms with Crippen LogP contribution in [0.3, 0.4) is 0 Å². The van der Waals surface area contributed by atoms with Gasteiger partial charge in [0.2, 0.25) is 0 Å². The minimum atomic E-state index is 0.0441. The molecule has 1 aromatic rings. The van der Waals surface area contributed by atoms with Crippen molar-refractivity contribution < 1.29 is 9.21 Å². The molecule has 2 fully saturated rings. The first kappa shape index (κ1) is 11.8. The summed E-state index contributed by atoms with van der Waals surface area (Å²) in [6.45, 7) is 0. The van der Waals surface area contributed by atoms with E-state index in [-0.39, 0.29) is 5.91 Å². The normalized spacial score (nSPS) is 31.9. The maximum absolute atomic E-state index is 12.4. The highest BCUT2D eigenvalue weighted by atomic mass is 79.9. The molecule has 2 bridgehead atoms. The molecule has 1 aromatic heterocycles. The monoisotopic (exact) mass is 361 g/mol. The third-order valence-electron chi connectivity index (χ3n) is 3.69. The molecule has 3 nitrogen and oxygen atoms in total. The van der Waals surface area contributed by atoms with Gasteiger partial charge in [0.25, 0.3) is 5.91 Å². The molecule has 2 unspecified atom stereocenters. The van der Waals surface area contributed by atoms with Gasteiger partial charge in [-0.25, -0.2) is 0 Å². The number of halogens is 2. The summed E-state index contributed by atoms with van der Waals surface area (Å²) in [5.74, 6) is 0.490. The number of hydrogen-bond acceptors (Lipinski definition) is 2. The number of rotatable bonds is 1. The topological polar surface area (TPSA) is 33.5 Å². The molecule has 0 spiro atoms. The fraction of sp³-hybridized carbons (Fsp3) is 0.583. The highest BCUT2D eigenvalue weighted by Gasteiger charge is 2.43. The summed E-state index contributed by atoms with van der Waals surface area (Å²) >= 11 is 6.91. The van der Waals surface area contributed by atoms with Crippen LogP contribution < -0.4 is 0 Å². The third kappa shape index (κ3) is 2.08. The van der Waals surface area contributed by atoms with Crippen LogP contribution in [0.15, 0.2) is 21.2 Å². The van der Waals surface area contributed by atoms with E-state index in [2.05, 4.69) is 31.9 Å². The van der Waals surface area contributed by atoms with E-state index in [1.807, 2.05) is 4.90 Å². The van der Waals surface area contributed by atoms with Crippen molar-refractivity contribution in [3.63, 3.8) is 0 Å². The van der Waals surface area contributed by atoms with Gasteiger partial charge in [-0.2, -0.15) is 0 Å². The molecule has 0 saturated carbocycles. The number of fused-ring (bicyclic) bond motifs is 2. The van der Waals surface area contributed by atoms with E-state index in [1.165, 1.54) is 0 Å². The zero-order chi connectivity index (χ0) is 12.0. The second-order valence-corrected chi connectivity index (χ2v) is 6.85. The Kier molecular flexibility index (Phi) is 3.07. The number of nitrogens with zero attached hydrogens (tertiary/aromatic N) is 1. The van der Waals surface area contributed by atoms with Crippen LogP contribution in [0.1, 0.15) is 36.2 Å². The summed E-state index contributed by atoms with van der Waals surface area (Å²) in [5, 5.41) is 0. The van der Waals surface area contributed by atoms with Gasteiger partial charge in [0.05, 0.1) is 0 Å². The Morgan fingerprint density at radius 2 is 1.94 bits per heavy atom. The molecular formula is C12H13Br2NO2. The van der Waals surface area contributed by atoms with Crippen LogP contribution in [-0.4, -0.2) is 27.7 Å². The molecule has 1 amide bonds. The Hall–Kier alpha value is -0.290. The highest BCUT2D eigenvalue weighted by molar-refractivity contribution is 9.10. The fourth-order valence-electron chi connectivity index (χ4n) is 3.00. The average molecular weight is 363 g/mol. The van der Waals surface area contributed by atoms with E-state index < -0.39 is 0 Å². The van der Waals surface area contributed by atoms with Crippen LogP contribution in [0, 0.1) is 0 Å². The minimum absolute atomic E-state index is 0.0441. The van der Waals surface area contributed by atoms with Gasteiger partial charge in [0.15, 0.2) is 10.4 Å². The van der Waals surface area contributed by atoms with Crippen molar-refractivity contribution in [3.8, 4) is 0 Å². The van der Waals surface area contributed by atoms with Gasteiger partial charge in [0, 0.05) is 16.9 Å². The molecule has 2 aliphatic rings. The average Bonchev–Trinajstić information content (AvgIpc) is 2.81. The summed E-state index contributed by atoms with van der Waals surface area (Å²) < 4.78 is 5.98. The van der Waals surface area contributed by atoms with Crippen molar-refractivity contribution in [3.05, 3.63) is 22.6 Å². The predicted molar refractivity (Wildman–Crippen MR) is 71.3 cm³/mol. The molecule has 2 atom stereocenters. The summed E-state index contributed by atoms with van der Waals surface area (Å²) in [4.78, 5) is 15.0. The zero-order valence-electron chi connectivity index (χ0n) is 9.23. The lowest BCUT2D eigenvalue weighted by molar-refractivity contribution is 0.0569. The van der Waals surface area contributed by atoms with Crippen molar-refractivity contribution in [2.75, 3.05) is 0 Å². The highest BCUT2D eigenvalue weighted by Crippen LogP contribution is 2.39. The van der Waals surface area contributed by atoms with E-state index in [0.29, 0.717) is 27.3 Å². The molecule has 2 aliphatic heterocycles. The number of piperidine rings is 1. The maximum Gasteiger partial charge on any atom is 0.290 e. The standard InChI is InChI=1S/C12H13Br2NO2/c13-7-5-8-1-2-9(6-7)15(8)12(16)10-3-4-11(14)17-10/h3-4,7-9H,1-2,5-6H2. The Morgan fingerprint density at radius 1 is 1.29 bits per heavy atom. The number of furan rings is 1. The zero-order valence-corrected chi connectivity index (χ0v) is 12.4. The van der Waals surface area contributed by atoms with Crippen LogP contribution in [-0.2, 0) is 0 Å². The molecular weight excluding hydrogens is 350 g/mol. The van der Waals surface area contributed by atoms with Gasteiger partial charge in [0.1, 0.15) is 0 Å². The van der Waals surface area contributed by atoms with Crippen LogP contribution >= 0.6 is 31.9 Å². The number of carbonyl (C=O) groups excluding carboxylic acids is 1. The van der Waals surface area contributed by atoms with Gasteiger partial charge in [-0.05, 0) is 53.7 Å². The molecule has 0 aromatic carbocycles. The van der Waals surface area contributed by atoms with Gasteiger partial charge < -0.3 is 9.32 Å². The Bertz CT molecular complexity index is 431. The van der Waals surface area contributed by atoms with E-state index in [1.54, 1.807) is 12.1 Å². The van der Waals surface area contributed by atoms with Gasteiger partial charge in [-0.1, -0.05) is 15.9 Å². The predicted octanol–water partition coefficient (Wildman–Crippen LogP) is 3.57. The fourth-order valence-corrected chi connectivity index (χ4v) is 4.17. The van der Waals surface area contributed by atoms with Crippen LogP contribution in [0.2, 0.25) is 0 Å². The summed E-state index contributed by atoms with van der Waals surface area (Å²) in [6.07, 6.45) is 4.37. The molecule has 0 N–H and O–H groups in total. The van der Waals surface area contributed by atoms with Crippen LogP contribution in [0.5, 0.6) is 0 Å². The first-order valence-corrected chi connectivity index (χ1v) is 7.58. The number of alkyl halides is 1. The second-order valence-electron chi connectivity index (χ2n) is 4.77. The van der Waals surface area contributed by atoms with E-state index in [4.69, 9.17) is 4.42 Å². The molecule has 0 aliphatic carbocycles. The lowest BCUT2D eigenvalue weighted by atomic mass is 10.0. The minimum Gasteiger partial charge on any atom is -0.444 e. The van der Waals surface area contributed by atoms with Crippen molar-refractivity contribution in [2.45, 2.75) is 42.6 Å². The Morgan fingerprint density at radius 3 is 2.47 bits per heavy atom. The molecule has 0 radical (unpaired) electrons. The number of carbonyl (C=O) groups is 1. The quantitative estimate of drug-likeness (QED) is 0.715. The molecule has 17 heavy (non-hydrogen) atoms. The maximum atomic E-state index is 12.4. The van der Waals surface area contributed by atoms with Crippen LogP contribution in [0.4, 0.5) is 0 Å². The SMILES string of the molecule is O=C(c1ccc(Br)o1)N1C2CCC1CC(Br)C2. The van der Waals surface area contributed by atoms with E-state index in [0.717, 1.165) is 25.7 Å². The second kappa shape index (κ2) is 4.43. The number of amides is 1. The van der Waals surface area contributed by atoms with Crippen molar-refractivity contribution in [2.24, 2.45) is 0 Å². The van der Waals surface area contributed by atoms with Crippen molar-refractivity contribution in [1.29, 1.82) is 0 Å². The largest absolute Gasteiger partial charge is 0.444 e. The smallest absolute Gasteiger partial charge is 0.290 e. The molecule has 5 heteroatoms. The van der Waals surface area contributed by atoms with Crippen LogP contribution in [0.25, 0.3) is 0 Å². The van der Waals surface area contributed by atoms with Gasteiger partial charge in [-0.3, -0.25) is 4.79 Å². The lowest BCUT2D eigenvalue weighted by Crippen LogP contribution is -2.46. The molecule has 92 valence electrons. The number of hydrogen-bond donors (Lipinski definition) is 0. The summed E-state index contributed by atoms with van der Waals surface area (Å²) in [7, 11) is 0. The third-order valence-corrected chi connectivity index (χ3v) is 4.87. The lowest BCUT2D eigenvalue weighted by Gasteiger charge is -2.36. The van der Waals surface area contributed by atoms with Gasteiger partial charge in [-0.15, -0.1) is 0 Å². The van der Waals surface area contributed by atoms with Crippen molar-refractivity contribution >= 4 is 37.8 Å². The van der Waals surface area contributed by atoms with Gasteiger partial charge >= 0.3 is 0 Å². The summed E-state index contributed by atoms with van der Waals surface area (Å²) in [5.41, 5.74) is 0. The molecule has 2 saturated heterocycles. The molecule has 3 rings (SSSR count). The Labute approximate surface area is 117 Å². The summed E-state index contributed by atoms with van der Waals surface area (Å²) in [6, 6.07) is 4.28. The first-order valence-electron chi connectivity index (χ1n) is 5.87. The van der Waals surface area contributed by atoms with E-state index >= 15 is 0 Å². The van der Waals surface area contributed by atoms with Crippen molar-refractivity contribution in [1.82, 2.24) is 4.90 Å². The van der Waals surface area contributed by atoms with E-state index in [9.17, 15) is 4.79 Å². The first-order chi connectivity index (χ1) is 8.15. The Balaban J connectivity index is 1.83.